The van der Waals surface area contributed by atoms with Gasteiger partial charge in [-0.2, -0.15) is 0 Å². The number of aromatic nitrogens is 1. The highest BCUT2D eigenvalue weighted by Crippen LogP contribution is 2.09. The molecule has 17 heavy (non-hydrogen) atoms. The third-order valence-corrected chi connectivity index (χ3v) is 2.67. The molecule has 0 radical (unpaired) electrons. The Morgan fingerprint density at radius 3 is 2.94 bits per heavy atom. The molecule has 5 heteroatoms. The van der Waals surface area contributed by atoms with Crippen LogP contribution in [0.25, 0.3) is 0 Å². The fourth-order valence-corrected chi connectivity index (χ4v) is 1.59. The summed E-state index contributed by atoms with van der Waals surface area (Å²) in [5, 5.41) is 6.62. The molecule has 1 unspecified atom stereocenters. The van der Waals surface area contributed by atoms with Crippen molar-refractivity contribution in [1.82, 2.24) is 10.5 Å². The van der Waals surface area contributed by atoms with E-state index in [2.05, 4.69) is 17.4 Å². The van der Waals surface area contributed by atoms with Crippen LogP contribution in [0.1, 0.15) is 37.6 Å². The molecule has 3 N–H and O–H groups in total. The molecular formula is C12H21N3O2. The van der Waals surface area contributed by atoms with Crippen LogP contribution < -0.4 is 11.1 Å². The molecule has 1 aromatic rings. The number of aryl methyl sites for hydroxylation is 1. The summed E-state index contributed by atoms with van der Waals surface area (Å²) in [4.78, 5) is 11.5. The molecule has 0 aliphatic carbocycles. The van der Waals surface area contributed by atoms with E-state index in [1.807, 2.05) is 13.0 Å². The van der Waals surface area contributed by atoms with E-state index in [1.165, 1.54) is 0 Å². The minimum atomic E-state index is 0.0505. The van der Waals surface area contributed by atoms with Gasteiger partial charge in [-0.15, -0.1) is 0 Å². The van der Waals surface area contributed by atoms with Crippen molar-refractivity contribution in [3.8, 4) is 0 Å². The van der Waals surface area contributed by atoms with Crippen LogP contribution in [-0.4, -0.2) is 17.6 Å². The third-order valence-electron chi connectivity index (χ3n) is 2.67. The molecule has 1 heterocycles. The van der Waals surface area contributed by atoms with Crippen molar-refractivity contribution in [3.63, 3.8) is 0 Å². The van der Waals surface area contributed by atoms with Crippen molar-refractivity contribution in [3.05, 3.63) is 17.5 Å². The fraction of sp³-hybridized carbons (Fsp3) is 0.667. The molecule has 1 atom stereocenters. The van der Waals surface area contributed by atoms with Crippen molar-refractivity contribution in [2.24, 2.45) is 11.7 Å². The maximum Gasteiger partial charge on any atom is 0.220 e. The Balaban J connectivity index is 2.17. The van der Waals surface area contributed by atoms with Gasteiger partial charge >= 0.3 is 0 Å². The summed E-state index contributed by atoms with van der Waals surface area (Å²) in [5.41, 5.74) is 6.21. The highest BCUT2D eigenvalue weighted by molar-refractivity contribution is 5.75. The van der Waals surface area contributed by atoms with E-state index in [4.69, 9.17) is 10.3 Å². The summed E-state index contributed by atoms with van der Waals surface area (Å²) in [6, 6.07) is 1.82. The van der Waals surface area contributed by atoms with Gasteiger partial charge in [0.15, 0.2) is 0 Å². The van der Waals surface area contributed by atoms with Crippen LogP contribution in [0.2, 0.25) is 0 Å². The zero-order valence-corrected chi connectivity index (χ0v) is 10.5. The smallest absolute Gasteiger partial charge is 0.220 e. The van der Waals surface area contributed by atoms with Crippen molar-refractivity contribution < 1.29 is 9.32 Å². The molecule has 0 saturated heterocycles. The summed E-state index contributed by atoms with van der Waals surface area (Å²) >= 11 is 0. The van der Waals surface area contributed by atoms with E-state index in [0.717, 1.165) is 24.3 Å². The van der Waals surface area contributed by atoms with Crippen LogP contribution >= 0.6 is 0 Å². The molecule has 1 amide bonds. The van der Waals surface area contributed by atoms with Crippen molar-refractivity contribution >= 4 is 5.91 Å². The molecule has 1 rings (SSSR count). The lowest BCUT2D eigenvalue weighted by molar-refractivity contribution is -0.121. The first-order valence-corrected chi connectivity index (χ1v) is 6.00. The highest BCUT2D eigenvalue weighted by Gasteiger charge is 2.07. The lowest BCUT2D eigenvalue weighted by atomic mass is 10.0. The van der Waals surface area contributed by atoms with Gasteiger partial charge in [0.2, 0.25) is 5.91 Å². The Morgan fingerprint density at radius 1 is 1.59 bits per heavy atom. The van der Waals surface area contributed by atoms with Crippen LogP contribution in [0.4, 0.5) is 0 Å². The van der Waals surface area contributed by atoms with Gasteiger partial charge in [-0.3, -0.25) is 4.79 Å². The molecule has 96 valence electrons. The molecule has 0 fully saturated rings. The van der Waals surface area contributed by atoms with E-state index < -0.39 is 0 Å². The molecule has 5 nitrogen and oxygen atoms in total. The van der Waals surface area contributed by atoms with Crippen molar-refractivity contribution in [2.75, 3.05) is 6.54 Å². The van der Waals surface area contributed by atoms with E-state index in [-0.39, 0.29) is 5.91 Å². The van der Waals surface area contributed by atoms with Crippen LogP contribution in [-0.2, 0) is 11.3 Å². The van der Waals surface area contributed by atoms with Gasteiger partial charge in [-0.05, 0) is 32.2 Å². The second-order valence-electron chi connectivity index (χ2n) is 4.43. The maximum absolute atomic E-state index is 11.5. The van der Waals surface area contributed by atoms with Gasteiger partial charge in [-0.1, -0.05) is 12.1 Å². The van der Waals surface area contributed by atoms with Crippen LogP contribution in [0.5, 0.6) is 0 Å². The third kappa shape index (κ3) is 5.49. The average molecular weight is 239 g/mol. The molecule has 0 aliphatic heterocycles. The quantitative estimate of drug-likeness (QED) is 0.753. The standard InChI is InChI=1S/C12H21N3O2/c1-9(5-6-13)3-4-12(16)14-8-11-7-10(2)17-15-11/h7,9H,3-6,8,13H2,1-2H3,(H,14,16). The number of hydrogen-bond donors (Lipinski definition) is 2. The number of rotatable bonds is 7. The molecular weight excluding hydrogens is 218 g/mol. The number of nitrogens with two attached hydrogens (primary N) is 1. The van der Waals surface area contributed by atoms with E-state index in [0.29, 0.717) is 25.4 Å². The molecule has 0 bridgehead atoms. The zero-order valence-electron chi connectivity index (χ0n) is 10.5. The van der Waals surface area contributed by atoms with Crippen molar-refractivity contribution in [1.29, 1.82) is 0 Å². The average Bonchev–Trinajstić information content (AvgIpc) is 2.70. The normalized spacial score (nSPS) is 12.4. The Morgan fingerprint density at radius 2 is 2.35 bits per heavy atom. The second kappa shape index (κ2) is 7.06. The number of hydrogen-bond acceptors (Lipinski definition) is 4. The molecule has 0 saturated carbocycles. The Labute approximate surface area is 102 Å². The van der Waals surface area contributed by atoms with Crippen LogP contribution in [0.15, 0.2) is 10.6 Å². The summed E-state index contributed by atoms with van der Waals surface area (Å²) in [5.74, 6) is 1.31. The monoisotopic (exact) mass is 239 g/mol. The number of carbonyl (C=O) groups is 1. The Kier molecular flexibility index (Phi) is 5.69. The van der Waals surface area contributed by atoms with Gasteiger partial charge in [0.25, 0.3) is 0 Å². The fourth-order valence-electron chi connectivity index (χ4n) is 1.59. The maximum atomic E-state index is 11.5. The number of carbonyl (C=O) groups excluding carboxylic acids is 1. The van der Waals surface area contributed by atoms with Crippen LogP contribution in [0.3, 0.4) is 0 Å². The SMILES string of the molecule is Cc1cc(CNC(=O)CCC(C)CCN)no1. The van der Waals surface area contributed by atoms with Gasteiger partial charge in [-0.25, -0.2) is 0 Å². The van der Waals surface area contributed by atoms with Crippen LogP contribution in [0, 0.1) is 12.8 Å². The lowest BCUT2D eigenvalue weighted by Crippen LogP contribution is -2.23. The van der Waals surface area contributed by atoms with Gasteiger partial charge in [0.05, 0.1) is 6.54 Å². The summed E-state index contributed by atoms with van der Waals surface area (Å²) < 4.78 is 4.91. The predicted molar refractivity (Wildman–Crippen MR) is 65.2 cm³/mol. The highest BCUT2D eigenvalue weighted by atomic mass is 16.5. The first-order chi connectivity index (χ1) is 8.11. The molecule has 0 spiro atoms. The Hall–Kier alpha value is -1.36. The topological polar surface area (TPSA) is 81.2 Å². The summed E-state index contributed by atoms with van der Waals surface area (Å²) in [6.07, 6.45) is 2.38. The summed E-state index contributed by atoms with van der Waals surface area (Å²) in [6.45, 7) is 5.05. The zero-order chi connectivity index (χ0) is 12.7. The molecule has 1 aromatic heterocycles. The largest absolute Gasteiger partial charge is 0.361 e. The lowest BCUT2D eigenvalue weighted by Gasteiger charge is -2.09. The molecule has 0 aromatic carbocycles. The van der Waals surface area contributed by atoms with E-state index >= 15 is 0 Å². The van der Waals surface area contributed by atoms with Gasteiger partial charge in [0.1, 0.15) is 11.5 Å². The van der Waals surface area contributed by atoms with E-state index in [1.54, 1.807) is 0 Å². The first kappa shape index (κ1) is 13.7. The number of amides is 1. The minimum Gasteiger partial charge on any atom is -0.361 e. The van der Waals surface area contributed by atoms with Gasteiger partial charge < -0.3 is 15.6 Å². The second-order valence-corrected chi connectivity index (χ2v) is 4.43. The minimum absolute atomic E-state index is 0.0505. The predicted octanol–water partition coefficient (Wildman–Crippen LogP) is 1.36. The molecule has 0 aliphatic rings. The van der Waals surface area contributed by atoms with Gasteiger partial charge in [0, 0.05) is 12.5 Å². The first-order valence-electron chi connectivity index (χ1n) is 6.00. The number of nitrogens with zero attached hydrogens (tertiary/aromatic N) is 1. The summed E-state index contributed by atoms with van der Waals surface area (Å²) in [7, 11) is 0. The van der Waals surface area contributed by atoms with Crippen molar-refractivity contribution in [2.45, 2.75) is 39.7 Å². The van der Waals surface area contributed by atoms with E-state index in [9.17, 15) is 4.79 Å². The number of nitrogens with one attached hydrogen (secondary N) is 1. The Bertz CT molecular complexity index is 349.